The molecule has 1 aliphatic rings. The highest BCUT2D eigenvalue weighted by atomic mass is 127. The highest BCUT2D eigenvalue weighted by molar-refractivity contribution is 14.1. The Balaban J connectivity index is 2.34. The second kappa shape index (κ2) is 4.06. The number of benzene rings is 1. The lowest BCUT2D eigenvalue weighted by Crippen LogP contribution is -2.28. The molecule has 0 saturated heterocycles. The maximum absolute atomic E-state index is 5.76. The summed E-state index contributed by atoms with van der Waals surface area (Å²) in [6.45, 7) is 5.21. The first-order chi connectivity index (χ1) is 6.72. The van der Waals surface area contributed by atoms with Gasteiger partial charge in [0.15, 0.2) is 0 Å². The number of fused-ring (bicyclic) bond motifs is 1. The van der Waals surface area contributed by atoms with Gasteiger partial charge in [-0.25, -0.2) is 0 Å². The van der Waals surface area contributed by atoms with Gasteiger partial charge in [-0.2, -0.15) is 0 Å². The fourth-order valence-corrected chi connectivity index (χ4v) is 2.40. The Morgan fingerprint density at radius 2 is 2.29 bits per heavy atom. The summed E-state index contributed by atoms with van der Waals surface area (Å²) in [5.41, 5.74) is 1.30. The van der Waals surface area contributed by atoms with Gasteiger partial charge in [0.25, 0.3) is 0 Å². The van der Waals surface area contributed by atoms with Crippen molar-refractivity contribution in [2.75, 3.05) is 6.54 Å². The molecule has 2 atom stereocenters. The third-order valence-corrected chi connectivity index (χ3v) is 3.18. The van der Waals surface area contributed by atoms with E-state index in [4.69, 9.17) is 4.74 Å². The minimum Gasteiger partial charge on any atom is -0.488 e. The summed E-state index contributed by atoms with van der Waals surface area (Å²) in [5, 5.41) is 3.45. The molecule has 0 spiro atoms. The van der Waals surface area contributed by atoms with Crippen LogP contribution in [0, 0.1) is 3.57 Å². The Bertz CT molecular complexity index is 340. The molecule has 14 heavy (non-hydrogen) atoms. The first-order valence-corrected chi connectivity index (χ1v) is 5.99. The first-order valence-electron chi connectivity index (χ1n) is 4.92. The van der Waals surface area contributed by atoms with Crippen molar-refractivity contribution in [3.05, 3.63) is 27.3 Å². The van der Waals surface area contributed by atoms with Crippen LogP contribution >= 0.6 is 22.6 Å². The molecule has 2 rings (SSSR count). The minimum atomic E-state index is 0.239. The van der Waals surface area contributed by atoms with E-state index >= 15 is 0 Å². The van der Waals surface area contributed by atoms with E-state index in [9.17, 15) is 0 Å². The molecule has 1 aliphatic heterocycles. The number of ether oxygens (including phenoxy) is 1. The predicted molar refractivity (Wildman–Crippen MR) is 65.7 cm³/mol. The van der Waals surface area contributed by atoms with Gasteiger partial charge in [0.05, 0.1) is 6.04 Å². The lowest BCUT2D eigenvalue weighted by Gasteiger charge is -2.15. The van der Waals surface area contributed by atoms with E-state index in [0.717, 1.165) is 12.3 Å². The molecule has 1 heterocycles. The molecule has 0 amide bonds. The molecule has 0 radical (unpaired) electrons. The molecule has 0 saturated carbocycles. The number of likely N-dealkylation sites (N-methyl/N-ethyl adjacent to an activating group) is 1. The largest absolute Gasteiger partial charge is 0.488 e. The van der Waals surface area contributed by atoms with Crippen molar-refractivity contribution in [3.8, 4) is 5.75 Å². The van der Waals surface area contributed by atoms with Crippen LogP contribution in [0.3, 0.4) is 0 Å². The van der Waals surface area contributed by atoms with Crippen molar-refractivity contribution in [3.63, 3.8) is 0 Å². The van der Waals surface area contributed by atoms with Crippen molar-refractivity contribution >= 4 is 22.6 Å². The van der Waals surface area contributed by atoms with Crippen molar-refractivity contribution in [1.29, 1.82) is 0 Å². The molecule has 2 unspecified atom stereocenters. The van der Waals surface area contributed by atoms with Crippen LogP contribution in [0.2, 0.25) is 0 Å². The van der Waals surface area contributed by atoms with E-state index in [1.807, 2.05) is 0 Å². The number of halogens is 1. The Morgan fingerprint density at radius 3 is 3.00 bits per heavy atom. The molecular weight excluding hydrogens is 289 g/mol. The second-order valence-electron chi connectivity index (χ2n) is 3.54. The van der Waals surface area contributed by atoms with Crippen LogP contribution in [0.4, 0.5) is 0 Å². The molecule has 0 aromatic heterocycles. The number of nitrogens with one attached hydrogen (secondary N) is 1. The topological polar surface area (TPSA) is 21.3 Å². The van der Waals surface area contributed by atoms with Crippen LogP contribution in [0.1, 0.15) is 25.5 Å². The Kier molecular flexibility index (Phi) is 2.97. The molecule has 0 bridgehead atoms. The van der Waals surface area contributed by atoms with Gasteiger partial charge in [-0.15, -0.1) is 0 Å². The maximum Gasteiger partial charge on any atom is 0.124 e. The Morgan fingerprint density at radius 1 is 1.50 bits per heavy atom. The zero-order valence-electron chi connectivity index (χ0n) is 8.38. The molecular formula is C11H14INO. The molecule has 1 N–H and O–H groups in total. The summed E-state index contributed by atoms with van der Waals surface area (Å²) in [5.74, 6) is 1.03. The SMILES string of the molecule is CCNC1c2cc(I)ccc2OC1C. The van der Waals surface area contributed by atoms with Crippen molar-refractivity contribution in [2.45, 2.75) is 26.0 Å². The van der Waals surface area contributed by atoms with Crippen LogP contribution in [0.25, 0.3) is 0 Å². The van der Waals surface area contributed by atoms with Crippen molar-refractivity contribution < 1.29 is 4.74 Å². The standard InChI is InChI=1S/C11H14INO/c1-3-13-11-7(2)14-10-5-4-8(12)6-9(10)11/h4-7,11,13H,3H2,1-2H3. The third-order valence-electron chi connectivity index (χ3n) is 2.51. The fourth-order valence-electron chi connectivity index (χ4n) is 1.89. The van der Waals surface area contributed by atoms with E-state index in [2.05, 4.69) is 60.0 Å². The van der Waals surface area contributed by atoms with Crippen LogP contribution in [-0.2, 0) is 0 Å². The molecule has 0 fully saturated rings. The van der Waals surface area contributed by atoms with E-state index in [-0.39, 0.29) is 6.10 Å². The normalized spacial score (nSPS) is 24.5. The summed E-state index contributed by atoms with van der Waals surface area (Å²) < 4.78 is 7.03. The summed E-state index contributed by atoms with van der Waals surface area (Å²) >= 11 is 2.34. The van der Waals surface area contributed by atoms with Crippen LogP contribution in [-0.4, -0.2) is 12.6 Å². The third kappa shape index (κ3) is 1.75. The second-order valence-corrected chi connectivity index (χ2v) is 4.79. The monoisotopic (exact) mass is 303 g/mol. The zero-order chi connectivity index (χ0) is 10.1. The van der Waals surface area contributed by atoms with Crippen LogP contribution in [0.15, 0.2) is 18.2 Å². The summed E-state index contributed by atoms with van der Waals surface area (Å²) in [7, 11) is 0. The average Bonchev–Trinajstić information content (AvgIpc) is 2.45. The van der Waals surface area contributed by atoms with Gasteiger partial charge in [-0.1, -0.05) is 6.92 Å². The van der Waals surface area contributed by atoms with Crippen LogP contribution < -0.4 is 10.1 Å². The minimum absolute atomic E-state index is 0.239. The van der Waals surface area contributed by atoms with Gasteiger partial charge in [0.1, 0.15) is 11.9 Å². The molecule has 1 aromatic carbocycles. The summed E-state index contributed by atoms with van der Waals surface area (Å²) in [4.78, 5) is 0. The van der Waals surface area contributed by atoms with Gasteiger partial charge >= 0.3 is 0 Å². The average molecular weight is 303 g/mol. The molecule has 1 aromatic rings. The maximum atomic E-state index is 5.76. The summed E-state index contributed by atoms with van der Waals surface area (Å²) in [6, 6.07) is 6.70. The van der Waals surface area contributed by atoms with E-state index < -0.39 is 0 Å². The van der Waals surface area contributed by atoms with Crippen molar-refractivity contribution in [1.82, 2.24) is 5.32 Å². The van der Waals surface area contributed by atoms with Crippen molar-refractivity contribution in [2.24, 2.45) is 0 Å². The van der Waals surface area contributed by atoms with Gasteiger partial charge < -0.3 is 10.1 Å². The first kappa shape index (κ1) is 10.2. The molecule has 0 aliphatic carbocycles. The van der Waals surface area contributed by atoms with E-state index in [0.29, 0.717) is 6.04 Å². The fraction of sp³-hybridized carbons (Fsp3) is 0.455. The number of rotatable bonds is 2. The number of hydrogen-bond donors (Lipinski definition) is 1. The van der Waals surface area contributed by atoms with Crippen LogP contribution in [0.5, 0.6) is 5.75 Å². The lowest BCUT2D eigenvalue weighted by molar-refractivity contribution is 0.211. The predicted octanol–water partition coefficient (Wildman–Crippen LogP) is 2.72. The highest BCUT2D eigenvalue weighted by Gasteiger charge is 2.30. The van der Waals surface area contributed by atoms with Gasteiger partial charge in [-0.05, 0) is 54.3 Å². The molecule has 76 valence electrons. The van der Waals surface area contributed by atoms with E-state index in [1.54, 1.807) is 0 Å². The van der Waals surface area contributed by atoms with Gasteiger partial charge in [0.2, 0.25) is 0 Å². The summed E-state index contributed by atoms with van der Waals surface area (Å²) in [6.07, 6.45) is 0.239. The zero-order valence-corrected chi connectivity index (χ0v) is 10.5. The highest BCUT2D eigenvalue weighted by Crippen LogP contribution is 2.37. The molecule has 3 heteroatoms. The van der Waals surface area contributed by atoms with E-state index in [1.165, 1.54) is 9.13 Å². The number of hydrogen-bond acceptors (Lipinski definition) is 2. The molecule has 2 nitrogen and oxygen atoms in total. The quantitative estimate of drug-likeness (QED) is 0.848. The van der Waals surface area contributed by atoms with Gasteiger partial charge in [0, 0.05) is 9.13 Å². The van der Waals surface area contributed by atoms with Gasteiger partial charge in [-0.3, -0.25) is 0 Å². The Hall–Kier alpha value is -0.290. The smallest absolute Gasteiger partial charge is 0.124 e. The lowest BCUT2D eigenvalue weighted by atomic mass is 10.0. The Labute approximate surface area is 98.2 Å².